The molecule has 0 saturated heterocycles. The summed E-state index contributed by atoms with van der Waals surface area (Å²) in [5.74, 6) is -1.73. The van der Waals surface area contributed by atoms with Crippen molar-refractivity contribution in [1.29, 1.82) is 0 Å². The molecule has 4 heteroatoms. The summed E-state index contributed by atoms with van der Waals surface area (Å²) < 4.78 is 26.0. The van der Waals surface area contributed by atoms with Crippen LogP contribution in [-0.4, -0.2) is 11.5 Å². The lowest BCUT2D eigenvalue weighted by Crippen LogP contribution is -2.04. The average Bonchev–Trinajstić information content (AvgIpc) is 2.34. The molecule has 0 fully saturated rings. The summed E-state index contributed by atoms with van der Waals surface area (Å²) in [5, 5.41) is 0. The number of hydrogen-bond donors (Lipinski definition) is 1. The third-order valence-corrected chi connectivity index (χ3v) is 2.50. The average molecular weight is 234 g/mol. The number of halogens is 2. The van der Waals surface area contributed by atoms with Gasteiger partial charge >= 0.3 is 0 Å². The van der Waals surface area contributed by atoms with Crippen molar-refractivity contribution in [3.8, 4) is 11.3 Å². The molecule has 1 aromatic carbocycles. The topological polar surface area (TPSA) is 38.9 Å². The van der Waals surface area contributed by atoms with Crippen molar-refractivity contribution in [3.05, 3.63) is 53.7 Å². The molecule has 2 aromatic rings. The Kier molecular flexibility index (Phi) is 3.44. The Balaban J connectivity index is 2.48. The van der Waals surface area contributed by atoms with Crippen molar-refractivity contribution in [3.63, 3.8) is 0 Å². The highest BCUT2D eigenvalue weighted by Crippen LogP contribution is 2.23. The number of nitrogens with zero attached hydrogens (tertiary/aromatic N) is 1. The Hall–Kier alpha value is -1.81. The minimum Gasteiger partial charge on any atom is -0.330 e. The van der Waals surface area contributed by atoms with E-state index in [4.69, 9.17) is 5.73 Å². The van der Waals surface area contributed by atoms with Gasteiger partial charge in [-0.3, -0.25) is 4.98 Å². The van der Waals surface area contributed by atoms with Crippen LogP contribution in [0.4, 0.5) is 8.78 Å². The van der Waals surface area contributed by atoms with E-state index in [-0.39, 0.29) is 0 Å². The van der Waals surface area contributed by atoms with Gasteiger partial charge in [-0.2, -0.15) is 0 Å². The lowest BCUT2D eigenvalue weighted by molar-refractivity contribution is 0.509. The lowest BCUT2D eigenvalue weighted by Gasteiger charge is -2.07. The van der Waals surface area contributed by atoms with Gasteiger partial charge in [0, 0.05) is 11.8 Å². The number of nitrogens with two attached hydrogens (primary N) is 1. The molecular formula is C13H12F2N2. The van der Waals surface area contributed by atoms with Crippen LogP contribution in [0.15, 0.2) is 36.5 Å². The summed E-state index contributed by atoms with van der Waals surface area (Å²) >= 11 is 0. The van der Waals surface area contributed by atoms with Gasteiger partial charge in [-0.1, -0.05) is 6.07 Å². The Morgan fingerprint density at radius 3 is 2.65 bits per heavy atom. The Morgan fingerprint density at radius 1 is 1.12 bits per heavy atom. The first kappa shape index (κ1) is 11.7. The van der Waals surface area contributed by atoms with Gasteiger partial charge in [0.05, 0.1) is 5.69 Å². The number of rotatable bonds is 3. The van der Waals surface area contributed by atoms with Crippen molar-refractivity contribution >= 4 is 0 Å². The highest BCUT2D eigenvalue weighted by atomic mass is 19.2. The van der Waals surface area contributed by atoms with Crippen LogP contribution in [0.1, 0.15) is 5.56 Å². The molecule has 88 valence electrons. The second-order valence-electron chi connectivity index (χ2n) is 3.68. The summed E-state index contributed by atoms with van der Waals surface area (Å²) in [6.45, 7) is 0.488. The first-order valence-corrected chi connectivity index (χ1v) is 5.31. The Bertz CT molecular complexity index is 527. The fourth-order valence-electron chi connectivity index (χ4n) is 1.70. The molecule has 0 aliphatic heterocycles. The molecule has 2 N–H and O–H groups in total. The van der Waals surface area contributed by atoms with Crippen LogP contribution in [0.2, 0.25) is 0 Å². The van der Waals surface area contributed by atoms with E-state index in [1.165, 1.54) is 6.07 Å². The van der Waals surface area contributed by atoms with Gasteiger partial charge in [-0.05, 0) is 42.8 Å². The summed E-state index contributed by atoms with van der Waals surface area (Å²) in [6.07, 6.45) is 2.28. The van der Waals surface area contributed by atoms with Gasteiger partial charge in [-0.25, -0.2) is 8.78 Å². The quantitative estimate of drug-likeness (QED) is 0.886. The van der Waals surface area contributed by atoms with Crippen LogP contribution >= 0.6 is 0 Å². The second-order valence-corrected chi connectivity index (χ2v) is 3.68. The SMILES string of the molecule is NCCc1cccnc1-c1ccc(F)c(F)c1. The molecule has 2 nitrogen and oxygen atoms in total. The van der Waals surface area contributed by atoms with Crippen LogP contribution in [0.25, 0.3) is 11.3 Å². The maximum atomic E-state index is 13.2. The molecule has 0 saturated carbocycles. The zero-order valence-corrected chi connectivity index (χ0v) is 9.16. The number of pyridine rings is 1. The zero-order chi connectivity index (χ0) is 12.3. The highest BCUT2D eigenvalue weighted by molar-refractivity contribution is 5.63. The molecule has 0 radical (unpaired) electrons. The maximum absolute atomic E-state index is 13.2. The van der Waals surface area contributed by atoms with Gasteiger partial charge in [0.2, 0.25) is 0 Å². The summed E-state index contributed by atoms with van der Waals surface area (Å²) in [6, 6.07) is 7.45. The highest BCUT2D eigenvalue weighted by Gasteiger charge is 2.08. The van der Waals surface area contributed by atoms with Crippen LogP contribution in [-0.2, 0) is 6.42 Å². The van der Waals surface area contributed by atoms with E-state index in [0.717, 1.165) is 17.7 Å². The van der Waals surface area contributed by atoms with Crippen LogP contribution in [0.3, 0.4) is 0 Å². The van der Waals surface area contributed by atoms with E-state index in [1.54, 1.807) is 12.3 Å². The smallest absolute Gasteiger partial charge is 0.159 e. The van der Waals surface area contributed by atoms with Crippen molar-refractivity contribution in [2.75, 3.05) is 6.54 Å². The van der Waals surface area contributed by atoms with E-state index in [2.05, 4.69) is 4.98 Å². The predicted octanol–water partition coefficient (Wildman–Crippen LogP) is 2.53. The van der Waals surface area contributed by atoms with Crippen LogP contribution in [0, 0.1) is 11.6 Å². The minimum absolute atomic E-state index is 0.488. The third-order valence-electron chi connectivity index (χ3n) is 2.50. The van der Waals surface area contributed by atoms with Crippen LogP contribution < -0.4 is 5.73 Å². The second kappa shape index (κ2) is 5.01. The van der Waals surface area contributed by atoms with Crippen molar-refractivity contribution < 1.29 is 8.78 Å². The van der Waals surface area contributed by atoms with E-state index in [0.29, 0.717) is 24.2 Å². The normalized spacial score (nSPS) is 10.5. The summed E-state index contributed by atoms with van der Waals surface area (Å²) in [5.41, 5.74) is 7.64. The minimum atomic E-state index is -0.869. The van der Waals surface area contributed by atoms with E-state index >= 15 is 0 Å². The first-order valence-electron chi connectivity index (χ1n) is 5.31. The molecule has 0 aliphatic rings. The van der Waals surface area contributed by atoms with E-state index in [9.17, 15) is 8.78 Å². The van der Waals surface area contributed by atoms with Gasteiger partial charge in [0.1, 0.15) is 0 Å². The number of benzene rings is 1. The molecule has 0 bridgehead atoms. The molecule has 0 aliphatic carbocycles. The molecule has 2 rings (SSSR count). The molecule has 0 spiro atoms. The molecule has 0 unspecified atom stereocenters. The van der Waals surface area contributed by atoms with Crippen molar-refractivity contribution in [2.45, 2.75) is 6.42 Å². The molecule has 1 heterocycles. The standard InChI is InChI=1S/C13H12F2N2/c14-11-4-3-10(8-12(11)15)13-9(5-6-16)2-1-7-17-13/h1-4,7-8H,5-6,16H2. The van der Waals surface area contributed by atoms with Gasteiger partial charge in [0.15, 0.2) is 11.6 Å². The zero-order valence-electron chi connectivity index (χ0n) is 9.16. The molecular weight excluding hydrogens is 222 g/mol. The Morgan fingerprint density at radius 2 is 1.94 bits per heavy atom. The van der Waals surface area contributed by atoms with Crippen LogP contribution in [0.5, 0.6) is 0 Å². The number of hydrogen-bond acceptors (Lipinski definition) is 2. The summed E-state index contributed by atoms with van der Waals surface area (Å²) in [7, 11) is 0. The fraction of sp³-hybridized carbons (Fsp3) is 0.154. The molecule has 17 heavy (non-hydrogen) atoms. The van der Waals surface area contributed by atoms with Crippen molar-refractivity contribution in [2.24, 2.45) is 5.73 Å². The van der Waals surface area contributed by atoms with Gasteiger partial charge < -0.3 is 5.73 Å². The van der Waals surface area contributed by atoms with Gasteiger partial charge in [0.25, 0.3) is 0 Å². The summed E-state index contributed by atoms with van der Waals surface area (Å²) in [4.78, 5) is 4.19. The predicted molar refractivity (Wildman–Crippen MR) is 62.3 cm³/mol. The Labute approximate surface area is 98.1 Å². The lowest BCUT2D eigenvalue weighted by atomic mass is 10.0. The number of aromatic nitrogens is 1. The first-order chi connectivity index (χ1) is 8.22. The largest absolute Gasteiger partial charge is 0.330 e. The maximum Gasteiger partial charge on any atom is 0.159 e. The molecule has 0 amide bonds. The van der Waals surface area contributed by atoms with Gasteiger partial charge in [-0.15, -0.1) is 0 Å². The monoisotopic (exact) mass is 234 g/mol. The third kappa shape index (κ3) is 2.47. The van der Waals surface area contributed by atoms with E-state index in [1.807, 2.05) is 6.07 Å². The van der Waals surface area contributed by atoms with Crippen molar-refractivity contribution in [1.82, 2.24) is 4.98 Å². The molecule has 1 aromatic heterocycles. The van der Waals surface area contributed by atoms with E-state index < -0.39 is 11.6 Å². The fourth-order valence-corrected chi connectivity index (χ4v) is 1.70. The molecule has 0 atom stereocenters.